The first kappa shape index (κ1) is 13.3. The Bertz CT molecular complexity index is 336. The van der Waals surface area contributed by atoms with E-state index < -0.39 is 10.0 Å². The smallest absolute Gasteiger partial charge is 0.214 e. The van der Waals surface area contributed by atoms with E-state index in [0.29, 0.717) is 17.6 Å². The molecule has 100 valence electrons. The molecule has 0 aromatic carbocycles. The lowest BCUT2D eigenvalue weighted by Gasteiger charge is -2.32. The normalized spacial score (nSPS) is 32.5. The molecule has 0 aromatic heterocycles. The molecular formula is C12H24N2O2S. The summed E-state index contributed by atoms with van der Waals surface area (Å²) in [4.78, 5) is 0. The minimum atomic E-state index is -3.02. The van der Waals surface area contributed by atoms with Gasteiger partial charge in [0.25, 0.3) is 0 Å². The fourth-order valence-corrected chi connectivity index (χ4v) is 4.85. The van der Waals surface area contributed by atoms with E-state index in [1.54, 1.807) is 4.31 Å². The molecular weight excluding hydrogens is 236 g/mol. The number of nitrogens with one attached hydrogen (secondary N) is 1. The molecule has 4 nitrogen and oxygen atoms in total. The number of rotatable bonds is 3. The largest absolute Gasteiger partial charge is 0.316 e. The lowest BCUT2D eigenvalue weighted by atomic mass is 10.0. The average Bonchev–Trinajstić information content (AvgIpc) is 2.30. The number of nitrogens with zero attached hydrogens (tertiary/aromatic N) is 1. The van der Waals surface area contributed by atoms with Gasteiger partial charge in [0, 0.05) is 13.1 Å². The van der Waals surface area contributed by atoms with E-state index in [9.17, 15) is 8.42 Å². The minimum Gasteiger partial charge on any atom is -0.316 e. The third-order valence-corrected chi connectivity index (χ3v) is 5.87. The Morgan fingerprint density at radius 1 is 1.29 bits per heavy atom. The number of piperidine rings is 2. The van der Waals surface area contributed by atoms with Gasteiger partial charge >= 0.3 is 0 Å². The zero-order chi connectivity index (χ0) is 12.3. The van der Waals surface area contributed by atoms with Crippen molar-refractivity contribution in [2.75, 3.05) is 31.9 Å². The molecule has 0 bridgehead atoms. The molecule has 1 N–H and O–H groups in total. The van der Waals surface area contributed by atoms with Gasteiger partial charge in [-0.25, -0.2) is 12.7 Å². The monoisotopic (exact) mass is 260 g/mol. The van der Waals surface area contributed by atoms with Gasteiger partial charge < -0.3 is 5.32 Å². The van der Waals surface area contributed by atoms with Gasteiger partial charge in [-0.1, -0.05) is 6.92 Å². The highest BCUT2D eigenvalue weighted by atomic mass is 32.2. The maximum Gasteiger partial charge on any atom is 0.214 e. The highest BCUT2D eigenvalue weighted by Gasteiger charge is 2.29. The van der Waals surface area contributed by atoms with Crippen LogP contribution in [0.1, 0.15) is 32.6 Å². The third-order valence-electron chi connectivity index (χ3n) is 3.86. The minimum absolute atomic E-state index is 0.311. The first-order valence-corrected chi connectivity index (χ1v) is 8.37. The van der Waals surface area contributed by atoms with Gasteiger partial charge in [0.15, 0.2) is 0 Å². The highest BCUT2D eigenvalue weighted by molar-refractivity contribution is 7.89. The van der Waals surface area contributed by atoms with Crippen molar-refractivity contribution in [1.82, 2.24) is 9.62 Å². The Morgan fingerprint density at radius 2 is 2.12 bits per heavy atom. The van der Waals surface area contributed by atoms with E-state index in [2.05, 4.69) is 12.2 Å². The molecule has 5 heteroatoms. The van der Waals surface area contributed by atoms with E-state index in [4.69, 9.17) is 0 Å². The zero-order valence-electron chi connectivity index (χ0n) is 10.7. The molecule has 0 radical (unpaired) electrons. The van der Waals surface area contributed by atoms with Gasteiger partial charge in [0.2, 0.25) is 10.0 Å². The summed E-state index contributed by atoms with van der Waals surface area (Å²) in [5.74, 6) is 1.17. The second-order valence-corrected chi connectivity index (χ2v) is 7.61. The van der Waals surface area contributed by atoms with Crippen LogP contribution in [0, 0.1) is 11.8 Å². The summed E-state index contributed by atoms with van der Waals surface area (Å²) in [6.07, 6.45) is 4.34. The van der Waals surface area contributed by atoms with Crippen molar-refractivity contribution >= 4 is 10.0 Å². The molecule has 0 aromatic rings. The van der Waals surface area contributed by atoms with Crippen LogP contribution in [-0.4, -0.2) is 44.7 Å². The summed E-state index contributed by atoms with van der Waals surface area (Å²) in [7, 11) is -3.02. The second-order valence-electron chi connectivity index (χ2n) is 5.60. The van der Waals surface area contributed by atoms with Gasteiger partial charge in [-0.2, -0.15) is 0 Å². The first-order valence-electron chi connectivity index (χ1n) is 6.76. The molecule has 17 heavy (non-hydrogen) atoms. The van der Waals surface area contributed by atoms with Crippen LogP contribution in [0.25, 0.3) is 0 Å². The van der Waals surface area contributed by atoms with Gasteiger partial charge in [-0.15, -0.1) is 0 Å². The Kier molecular flexibility index (Phi) is 4.44. The lowest BCUT2D eigenvalue weighted by Crippen LogP contribution is -2.43. The fourth-order valence-electron chi connectivity index (χ4n) is 2.87. The Labute approximate surface area is 105 Å². The molecule has 2 aliphatic rings. The topological polar surface area (TPSA) is 49.4 Å². The third kappa shape index (κ3) is 3.66. The molecule has 0 saturated carbocycles. The van der Waals surface area contributed by atoms with Crippen LogP contribution in [0.2, 0.25) is 0 Å². The molecule has 2 rings (SSSR count). The van der Waals surface area contributed by atoms with Crippen molar-refractivity contribution in [2.24, 2.45) is 11.8 Å². The van der Waals surface area contributed by atoms with Gasteiger partial charge in [-0.05, 0) is 50.6 Å². The van der Waals surface area contributed by atoms with Crippen molar-refractivity contribution in [2.45, 2.75) is 32.6 Å². The molecule has 2 heterocycles. The predicted molar refractivity (Wildman–Crippen MR) is 69.4 cm³/mol. The SMILES string of the molecule is CC1CCCN(S(=O)(=O)CC2CCCNC2)C1. The summed E-state index contributed by atoms with van der Waals surface area (Å²) in [5.41, 5.74) is 0. The van der Waals surface area contributed by atoms with Crippen molar-refractivity contribution < 1.29 is 8.42 Å². The van der Waals surface area contributed by atoms with Gasteiger partial charge in [0.1, 0.15) is 0 Å². The van der Waals surface area contributed by atoms with E-state index >= 15 is 0 Å². The van der Waals surface area contributed by atoms with Crippen LogP contribution < -0.4 is 5.32 Å². The maximum absolute atomic E-state index is 12.3. The quantitative estimate of drug-likeness (QED) is 0.825. The number of sulfonamides is 1. The Hall–Kier alpha value is -0.130. The average molecular weight is 260 g/mol. The highest BCUT2D eigenvalue weighted by Crippen LogP contribution is 2.21. The van der Waals surface area contributed by atoms with Crippen LogP contribution in [-0.2, 0) is 10.0 Å². The molecule has 0 amide bonds. The lowest BCUT2D eigenvalue weighted by molar-refractivity contribution is 0.278. The van der Waals surface area contributed by atoms with Crippen molar-refractivity contribution in [3.05, 3.63) is 0 Å². The Balaban J connectivity index is 1.92. The predicted octanol–water partition coefficient (Wildman–Crippen LogP) is 1.05. The molecule has 2 unspecified atom stereocenters. The van der Waals surface area contributed by atoms with Gasteiger partial charge in [-0.3, -0.25) is 0 Å². The summed E-state index contributed by atoms with van der Waals surface area (Å²) in [6.45, 7) is 5.50. The van der Waals surface area contributed by atoms with Crippen molar-refractivity contribution in [3.63, 3.8) is 0 Å². The van der Waals surface area contributed by atoms with Crippen LogP contribution in [0.15, 0.2) is 0 Å². The molecule has 2 aliphatic heterocycles. The Morgan fingerprint density at radius 3 is 2.76 bits per heavy atom. The summed E-state index contributed by atoms with van der Waals surface area (Å²) >= 11 is 0. The van der Waals surface area contributed by atoms with Crippen LogP contribution in [0.4, 0.5) is 0 Å². The van der Waals surface area contributed by atoms with Crippen LogP contribution >= 0.6 is 0 Å². The van der Waals surface area contributed by atoms with E-state index in [1.165, 1.54) is 0 Å². The summed E-state index contributed by atoms with van der Waals surface area (Å²) in [5, 5.41) is 3.29. The zero-order valence-corrected chi connectivity index (χ0v) is 11.5. The number of hydrogen-bond donors (Lipinski definition) is 1. The molecule has 2 fully saturated rings. The van der Waals surface area contributed by atoms with Crippen molar-refractivity contribution in [3.8, 4) is 0 Å². The van der Waals surface area contributed by atoms with Crippen LogP contribution in [0.5, 0.6) is 0 Å². The molecule has 0 aliphatic carbocycles. The summed E-state index contributed by atoms with van der Waals surface area (Å²) < 4.78 is 26.3. The second kappa shape index (κ2) is 5.67. The standard InChI is InChI=1S/C12H24N2O2S/c1-11-4-3-7-14(9-11)17(15,16)10-12-5-2-6-13-8-12/h11-13H,2-10H2,1H3. The van der Waals surface area contributed by atoms with E-state index in [1.807, 2.05) is 0 Å². The summed E-state index contributed by atoms with van der Waals surface area (Å²) in [6, 6.07) is 0. The molecule has 0 spiro atoms. The van der Waals surface area contributed by atoms with Crippen molar-refractivity contribution in [1.29, 1.82) is 0 Å². The van der Waals surface area contributed by atoms with Gasteiger partial charge in [0.05, 0.1) is 5.75 Å². The fraction of sp³-hybridized carbons (Fsp3) is 1.00. The van der Waals surface area contributed by atoms with Crippen LogP contribution in [0.3, 0.4) is 0 Å². The number of hydrogen-bond acceptors (Lipinski definition) is 3. The first-order chi connectivity index (χ1) is 8.08. The van der Waals surface area contributed by atoms with E-state index in [-0.39, 0.29) is 0 Å². The molecule has 2 saturated heterocycles. The van der Waals surface area contributed by atoms with E-state index in [0.717, 1.165) is 51.9 Å². The maximum atomic E-state index is 12.3. The molecule has 2 atom stereocenters.